The van der Waals surface area contributed by atoms with Crippen molar-refractivity contribution in [3.8, 4) is 0 Å². The highest BCUT2D eigenvalue weighted by atomic mass is 79.9. The van der Waals surface area contributed by atoms with Crippen molar-refractivity contribution in [3.63, 3.8) is 0 Å². The molecule has 0 aromatic heterocycles. The van der Waals surface area contributed by atoms with Crippen molar-refractivity contribution in [3.05, 3.63) is 32.8 Å². The van der Waals surface area contributed by atoms with Crippen LogP contribution in [0.15, 0.2) is 16.6 Å². The molecule has 1 aliphatic rings. The molecule has 2 rings (SSSR count). The highest BCUT2D eigenvalue weighted by molar-refractivity contribution is 9.10. The van der Waals surface area contributed by atoms with E-state index in [0.717, 1.165) is 32.1 Å². The molecule has 1 heterocycles. The van der Waals surface area contributed by atoms with E-state index in [1.807, 2.05) is 23.9 Å². The Labute approximate surface area is 107 Å². The number of hydrogen-bond donors (Lipinski definition) is 1. The lowest BCUT2D eigenvalue weighted by atomic mass is 9.95. The summed E-state index contributed by atoms with van der Waals surface area (Å²) in [6.07, 6.45) is -0.398. The van der Waals surface area contributed by atoms with Gasteiger partial charge < -0.3 is 5.11 Å². The van der Waals surface area contributed by atoms with Crippen LogP contribution in [0.25, 0.3) is 0 Å². The first-order valence-electron chi connectivity index (χ1n) is 4.83. The third-order valence-corrected chi connectivity index (χ3v) is 4.73. The fraction of sp³-hybridized carbons (Fsp3) is 0.455. The molecule has 0 aliphatic carbocycles. The third-order valence-electron chi connectivity index (χ3n) is 2.68. The normalized spacial score (nSPS) is 25.9. The number of aliphatic hydroxyl groups excluding tert-OH is 1. The summed E-state index contributed by atoms with van der Waals surface area (Å²) in [7, 11) is 0. The Hall–Kier alpha value is 0.300. The largest absolute Gasteiger partial charge is 0.388 e. The van der Waals surface area contributed by atoms with Crippen molar-refractivity contribution in [2.75, 3.05) is 5.75 Å². The van der Waals surface area contributed by atoms with E-state index in [1.165, 1.54) is 0 Å². The second-order valence-corrected chi connectivity index (χ2v) is 6.25. The van der Waals surface area contributed by atoms with Crippen LogP contribution in [0.1, 0.15) is 24.2 Å². The molecule has 15 heavy (non-hydrogen) atoms. The van der Waals surface area contributed by atoms with Crippen LogP contribution in [0.3, 0.4) is 0 Å². The molecular weight excluding hydrogens is 296 g/mol. The van der Waals surface area contributed by atoms with Gasteiger partial charge >= 0.3 is 0 Å². The number of halogens is 2. The Bertz CT molecular complexity index is 383. The number of aliphatic hydroxyl groups is 1. The van der Waals surface area contributed by atoms with Crippen molar-refractivity contribution in [2.24, 2.45) is 5.92 Å². The van der Waals surface area contributed by atoms with E-state index < -0.39 is 6.10 Å². The predicted molar refractivity (Wildman–Crippen MR) is 69.4 cm³/mol. The Morgan fingerprint density at radius 1 is 1.53 bits per heavy atom. The molecule has 0 saturated carbocycles. The summed E-state index contributed by atoms with van der Waals surface area (Å²) >= 11 is 11.4. The van der Waals surface area contributed by atoms with Crippen molar-refractivity contribution in [1.29, 1.82) is 0 Å². The first-order chi connectivity index (χ1) is 7.09. The Morgan fingerprint density at radius 2 is 2.27 bits per heavy atom. The first kappa shape index (κ1) is 11.8. The second-order valence-electron chi connectivity index (χ2n) is 3.89. The Balaban J connectivity index is 2.53. The molecule has 0 radical (unpaired) electrons. The van der Waals surface area contributed by atoms with E-state index in [9.17, 15) is 5.11 Å². The standard InChI is InChI=1S/C11H12BrClOS/c1-6-4-15-5-9-8(11(6)14)2-7(12)3-10(9)13/h2-3,6,11,14H,4-5H2,1H3. The van der Waals surface area contributed by atoms with E-state index in [1.54, 1.807) is 0 Å². The molecule has 1 nitrogen and oxygen atoms in total. The summed E-state index contributed by atoms with van der Waals surface area (Å²) in [6, 6.07) is 3.87. The summed E-state index contributed by atoms with van der Waals surface area (Å²) in [5, 5.41) is 10.9. The number of hydrogen-bond acceptors (Lipinski definition) is 2. The van der Waals surface area contributed by atoms with Crippen LogP contribution in [-0.4, -0.2) is 10.9 Å². The van der Waals surface area contributed by atoms with E-state index in [2.05, 4.69) is 22.9 Å². The van der Waals surface area contributed by atoms with Crippen LogP contribution in [0.2, 0.25) is 5.02 Å². The number of rotatable bonds is 0. The monoisotopic (exact) mass is 306 g/mol. The maximum Gasteiger partial charge on any atom is 0.0827 e. The molecule has 0 saturated heterocycles. The molecule has 1 N–H and O–H groups in total. The lowest BCUT2D eigenvalue weighted by Gasteiger charge is -2.17. The van der Waals surface area contributed by atoms with Crippen LogP contribution >= 0.6 is 39.3 Å². The maximum atomic E-state index is 10.2. The molecule has 1 aromatic carbocycles. The SMILES string of the molecule is CC1CSCc2c(Cl)cc(Br)cc2C1O. The summed E-state index contributed by atoms with van der Waals surface area (Å²) in [5.74, 6) is 2.15. The van der Waals surface area contributed by atoms with Gasteiger partial charge in [-0.15, -0.1) is 0 Å². The van der Waals surface area contributed by atoms with Crippen molar-refractivity contribution in [1.82, 2.24) is 0 Å². The molecule has 1 aromatic rings. The minimum atomic E-state index is -0.398. The number of fused-ring (bicyclic) bond motifs is 1. The molecule has 4 heteroatoms. The number of thioether (sulfide) groups is 1. The van der Waals surface area contributed by atoms with Gasteiger partial charge in [0.15, 0.2) is 0 Å². The fourth-order valence-electron chi connectivity index (χ4n) is 1.78. The molecular formula is C11H12BrClOS. The van der Waals surface area contributed by atoms with Crippen molar-refractivity contribution < 1.29 is 5.11 Å². The molecule has 0 spiro atoms. The van der Waals surface area contributed by atoms with Crippen molar-refractivity contribution >= 4 is 39.3 Å². The van der Waals surface area contributed by atoms with Crippen molar-refractivity contribution in [2.45, 2.75) is 18.8 Å². The molecule has 0 fully saturated rings. The Kier molecular flexibility index (Phi) is 3.66. The topological polar surface area (TPSA) is 20.2 Å². The summed E-state index contributed by atoms with van der Waals surface area (Å²) < 4.78 is 0.935. The molecule has 0 amide bonds. The van der Waals surface area contributed by atoms with Gasteiger partial charge in [-0.05, 0) is 34.9 Å². The zero-order valence-corrected chi connectivity index (χ0v) is 11.5. The molecule has 2 atom stereocenters. The van der Waals surface area contributed by atoms with E-state index in [-0.39, 0.29) is 5.92 Å². The lowest BCUT2D eigenvalue weighted by molar-refractivity contribution is 0.129. The van der Waals surface area contributed by atoms with Crippen LogP contribution in [-0.2, 0) is 5.75 Å². The van der Waals surface area contributed by atoms with Crippen LogP contribution in [0.4, 0.5) is 0 Å². The minimum absolute atomic E-state index is 0.279. The predicted octanol–water partition coefficient (Wildman–Crippen LogP) is 4.02. The second kappa shape index (κ2) is 4.66. The van der Waals surface area contributed by atoms with Gasteiger partial charge in [-0.25, -0.2) is 0 Å². The summed E-state index contributed by atoms with van der Waals surface area (Å²) in [6.45, 7) is 2.07. The zero-order chi connectivity index (χ0) is 11.0. The zero-order valence-electron chi connectivity index (χ0n) is 8.34. The highest BCUT2D eigenvalue weighted by Gasteiger charge is 2.24. The van der Waals surface area contributed by atoms with Crippen LogP contribution in [0.5, 0.6) is 0 Å². The van der Waals surface area contributed by atoms with Gasteiger partial charge in [0.25, 0.3) is 0 Å². The van der Waals surface area contributed by atoms with E-state index >= 15 is 0 Å². The molecule has 0 bridgehead atoms. The average molecular weight is 308 g/mol. The van der Waals surface area contributed by atoms with E-state index in [4.69, 9.17) is 11.6 Å². The summed E-state index contributed by atoms with van der Waals surface area (Å²) in [4.78, 5) is 0. The van der Waals surface area contributed by atoms with Crippen LogP contribution in [0, 0.1) is 5.92 Å². The lowest BCUT2D eigenvalue weighted by Crippen LogP contribution is -2.10. The van der Waals surface area contributed by atoms with Gasteiger partial charge in [0.05, 0.1) is 6.10 Å². The van der Waals surface area contributed by atoms with Gasteiger partial charge in [-0.2, -0.15) is 11.8 Å². The average Bonchev–Trinajstić information content (AvgIpc) is 2.30. The molecule has 2 unspecified atom stereocenters. The van der Waals surface area contributed by atoms with Gasteiger partial charge in [-0.1, -0.05) is 34.5 Å². The van der Waals surface area contributed by atoms with Gasteiger partial charge in [0, 0.05) is 15.2 Å². The van der Waals surface area contributed by atoms with E-state index in [0.29, 0.717) is 0 Å². The highest BCUT2D eigenvalue weighted by Crippen LogP contribution is 2.39. The maximum absolute atomic E-state index is 10.2. The molecule has 82 valence electrons. The smallest absolute Gasteiger partial charge is 0.0827 e. The van der Waals surface area contributed by atoms with Gasteiger partial charge in [-0.3, -0.25) is 0 Å². The van der Waals surface area contributed by atoms with Crippen LogP contribution < -0.4 is 0 Å². The quantitative estimate of drug-likeness (QED) is 0.781. The molecule has 1 aliphatic heterocycles. The minimum Gasteiger partial charge on any atom is -0.388 e. The fourth-order valence-corrected chi connectivity index (χ4v) is 3.96. The Morgan fingerprint density at radius 3 is 3.00 bits per heavy atom. The van der Waals surface area contributed by atoms with Gasteiger partial charge in [0.2, 0.25) is 0 Å². The third kappa shape index (κ3) is 2.36. The summed E-state index contributed by atoms with van der Waals surface area (Å²) in [5.41, 5.74) is 2.06. The van der Waals surface area contributed by atoms with Gasteiger partial charge in [0.1, 0.15) is 0 Å². The number of benzene rings is 1. The first-order valence-corrected chi connectivity index (χ1v) is 7.16.